The van der Waals surface area contributed by atoms with Crippen molar-refractivity contribution in [2.24, 2.45) is 56.7 Å². The maximum Gasteiger partial charge on any atom is 0.309 e. The number of fused-ring (bicyclic) bond motifs is 7. The van der Waals surface area contributed by atoms with Crippen LogP contribution in [-0.2, 0) is 14.3 Å². The summed E-state index contributed by atoms with van der Waals surface area (Å²) in [5, 5.41) is 10.8. The van der Waals surface area contributed by atoms with Gasteiger partial charge in [-0.25, -0.2) is 0 Å². The first-order valence-electron chi connectivity index (χ1n) is 17.2. The number of ether oxygens (including phenoxy) is 1. The van der Waals surface area contributed by atoms with Crippen LogP contribution >= 0.6 is 0 Å². The Hall–Kier alpha value is -1.62. The Bertz CT molecular complexity index is 1160. The minimum absolute atomic E-state index is 0.00382. The highest BCUT2D eigenvalue weighted by molar-refractivity contribution is 5.76. The summed E-state index contributed by atoms with van der Waals surface area (Å²) in [5.41, 5.74) is 1.18. The van der Waals surface area contributed by atoms with Crippen molar-refractivity contribution in [2.75, 3.05) is 19.6 Å². The minimum Gasteiger partial charge on any atom is -0.481 e. The molecule has 1 aliphatic heterocycles. The highest BCUT2D eigenvalue weighted by Crippen LogP contribution is 2.77. The van der Waals surface area contributed by atoms with Gasteiger partial charge in [-0.1, -0.05) is 58.9 Å². The largest absolute Gasteiger partial charge is 0.481 e. The van der Waals surface area contributed by atoms with Crippen molar-refractivity contribution in [3.63, 3.8) is 0 Å². The number of hydrogen-bond donors (Lipinski definition) is 1. The van der Waals surface area contributed by atoms with Gasteiger partial charge in [-0.05, 0) is 116 Å². The highest BCUT2D eigenvalue weighted by atomic mass is 16.5. The van der Waals surface area contributed by atoms with Crippen LogP contribution in [0, 0.1) is 56.7 Å². The molecule has 0 aromatic rings. The Morgan fingerprint density at radius 2 is 1.67 bits per heavy atom. The first kappa shape index (κ1) is 30.4. The van der Waals surface area contributed by atoms with Crippen molar-refractivity contribution in [1.82, 2.24) is 4.90 Å². The van der Waals surface area contributed by atoms with Crippen molar-refractivity contribution in [2.45, 2.75) is 118 Å². The Morgan fingerprint density at radius 1 is 0.905 bits per heavy atom. The molecule has 0 saturated heterocycles. The molecule has 1 heterocycles. The summed E-state index contributed by atoms with van der Waals surface area (Å²) in [4.78, 5) is 27.7. The second kappa shape index (κ2) is 10.2. The normalized spacial score (nSPS) is 47.9. The van der Waals surface area contributed by atoms with Crippen LogP contribution in [0.15, 0.2) is 24.3 Å². The van der Waals surface area contributed by atoms with E-state index in [1.54, 1.807) is 6.92 Å². The quantitative estimate of drug-likeness (QED) is 0.265. The summed E-state index contributed by atoms with van der Waals surface area (Å²) in [6.45, 7) is 21.7. The predicted molar refractivity (Wildman–Crippen MR) is 167 cm³/mol. The predicted octanol–water partition coefficient (Wildman–Crippen LogP) is 7.90. The third kappa shape index (κ3) is 4.17. The van der Waals surface area contributed by atoms with Crippen molar-refractivity contribution in [3.05, 3.63) is 24.3 Å². The number of aliphatic carboxylic acids is 1. The van der Waals surface area contributed by atoms with E-state index in [1.165, 1.54) is 24.8 Å². The van der Waals surface area contributed by atoms with Gasteiger partial charge in [0.2, 0.25) is 0 Å². The number of carbonyl (C=O) groups excluding carboxylic acids is 1. The second-order valence-electron chi connectivity index (χ2n) is 16.9. The molecule has 5 aliphatic carbocycles. The fourth-order valence-corrected chi connectivity index (χ4v) is 13.0. The molecular weight excluding hydrogens is 522 g/mol. The van der Waals surface area contributed by atoms with E-state index in [-0.39, 0.29) is 39.7 Å². The third-order valence-electron chi connectivity index (χ3n) is 15.2. The lowest BCUT2D eigenvalue weighted by atomic mass is 9.32. The van der Waals surface area contributed by atoms with Crippen molar-refractivity contribution >= 4 is 11.9 Å². The van der Waals surface area contributed by atoms with Gasteiger partial charge in [-0.15, -0.1) is 0 Å². The lowest BCUT2D eigenvalue weighted by Gasteiger charge is -2.72. The summed E-state index contributed by atoms with van der Waals surface area (Å²) in [6.07, 6.45) is 16.0. The van der Waals surface area contributed by atoms with Crippen LogP contribution in [0.1, 0.15) is 112 Å². The molecule has 0 unspecified atom stereocenters. The van der Waals surface area contributed by atoms with E-state index >= 15 is 0 Å². The second-order valence-corrected chi connectivity index (χ2v) is 16.9. The van der Waals surface area contributed by atoms with Gasteiger partial charge in [0.15, 0.2) is 0 Å². The van der Waals surface area contributed by atoms with Crippen molar-refractivity contribution in [1.29, 1.82) is 0 Å². The number of esters is 1. The first-order chi connectivity index (χ1) is 19.7. The Kier molecular flexibility index (Phi) is 7.39. The van der Waals surface area contributed by atoms with E-state index in [2.05, 4.69) is 58.2 Å². The maximum absolute atomic E-state index is 13.2. The molecule has 1 N–H and O–H groups in total. The zero-order chi connectivity index (χ0) is 30.3. The zero-order valence-electron chi connectivity index (χ0n) is 27.3. The molecule has 0 aromatic heterocycles. The van der Waals surface area contributed by atoms with Crippen LogP contribution in [0.3, 0.4) is 0 Å². The molecule has 0 spiro atoms. The van der Waals surface area contributed by atoms with Crippen LogP contribution in [0.4, 0.5) is 0 Å². The van der Waals surface area contributed by atoms with Gasteiger partial charge in [0.1, 0.15) is 6.10 Å². The molecule has 42 heavy (non-hydrogen) atoms. The summed E-state index contributed by atoms with van der Waals surface area (Å²) in [5.74, 6) is 1.38. The molecule has 5 nitrogen and oxygen atoms in total. The van der Waals surface area contributed by atoms with Crippen LogP contribution in [0.2, 0.25) is 0 Å². The summed E-state index contributed by atoms with van der Waals surface area (Å²) in [7, 11) is 0. The Labute approximate surface area is 254 Å². The van der Waals surface area contributed by atoms with Gasteiger partial charge in [-0.3, -0.25) is 14.5 Å². The molecule has 5 heteroatoms. The number of hydrogen-bond acceptors (Lipinski definition) is 4. The van der Waals surface area contributed by atoms with E-state index in [4.69, 9.17) is 4.74 Å². The fourth-order valence-electron chi connectivity index (χ4n) is 13.0. The van der Waals surface area contributed by atoms with Crippen LogP contribution < -0.4 is 0 Å². The van der Waals surface area contributed by atoms with E-state index in [1.807, 2.05) is 0 Å². The van der Waals surface area contributed by atoms with Crippen LogP contribution in [0.25, 0.3) is 0 Å². The van der Waals surface area contributed by atoms with Gasteiger partial charge >= 0.3 is 11.9 Å². The molecule has 234 valence electrons. The smallest absolute Gasteiger partial charge is 0.309 e. The van der Waals surface area contributed by atoms with Gasteiger partial charge in [0.05, 0.1) is 5.41 Å². The molecule has 6 aliphatic rings. The maximum atomic E-state index is 13.2. The van der Waals surface area contributed by atoms with E-state index in [0.717, 1.165) is 71.0 Å². The molecular formula is C37H57NO4. The molecule has 10 atom stereocenters. The van der Waals surface area contributed by atoms with E-state index < -0.39 is 11.4 Å². The number of carboxylic acid groups (broad SMARTS) is 1. The average molecular weight is 580 g/mol. The van der Waals surface area contributed by atoms with Crippen LogP contribution in [0.5, 0.6) is 0 Å². The van der Waals surface area contributed by atoms with Gasteiger partial charge in [-0.2, -0.15) is 0 Å². The van der Waals surface area contributed by atoms with E-state index in [9.17, 15) is 14.7 Å². The standard InChI is InChI=1S/C37H57NO4/c1-24(23-38-21-9-8-10-22-38)26-13-18-37(32(40)41)20-19-35(6)27(31(26)37)11-12-29-34(5)16-15-30(42-25(2)39)33(3,4)28(34)14-17-36(29,35)7/h8-9,26-31H,1,10-23H2,2-7H3,(H,40,41)/t26-,27+,28-,29+,30-,31+,34-,35+,36+,37-/m0/s1. The third-order valence-corrected chi connectivity index (χ3v) is 15.2. The summed E-state index contributed by atoms with van der Waals surface area (Å²) in [6, 6.07) is 0. The number of rotatable bonds is 5. The molecule has 5 saturated carbocycles. The Balaban J connectivity index is 1.32. The summed E-state index contributed by atoms with van der Waals surface area (Å²) < 4.78 is 5.93. The Morgan fingerprint density at radius 3 is 2.33 bits per heavy atom. The van der Waals surface area contributed by atoms with Gasteiger partial charge in [0.25, 0.3) is 0 Å². The SMILES string of the molecule is C=C(CN1CC=CCC1)[C@@H]1CC[C@]2(C(=O)O)CC[C@]3(C)[C@H](CC[C@@H]4[C@@]5(C)CC[C@H](OC(C)=O)C(C)(C)[C@@H]5CC[C@]43C)[C@@H]12. The number of carboxylic acids is 1. The van der Waals surface area contributed by atoms with Crippen molar-refractivity contribution in [3.8, 4) is 0 Å². The first-order valence-corrected chi connectivity index (χ1v) is 17.2. The zero-order valence-corrected chi connectivity index (χ0v) is 27.3. The molecule has 0 bridgehead atoms. The molecule has 6 rings (SSSR count). The lowest BCUT2D eigenvalue weighted by Crippen LogP contribution is -2.67. The summed E-state index contributed by atoms with van der Waals surface area (Å²) >= 11 is 0. The highest BCUT2D eigenvalue weighted by Gasteiger charge is 2.72. The van der Waals surface area contributed by atoms with Gasteiger partial charge < -0.3 is 9.84 Å². The number of carbonyl (C=O) groups is 2. The topological polar surface area (TPSA) is 66.8 Å². The fraction of sp³-hybridized carbons (Fsp3) is 0.838. The molecule has 0 radical (unpaired) electrons. The van der Waals surface area contributed by atoms with Crippen LogP contribution in [-0.4, -0.2) is 47.7 Å². The molecule has 0 amide bonds. The minimum atomic E-state index is -0.589. The molecule has 0 aromatic carbocycles. The average Bonchev–Trinajstić information content (AvgIpc) is 3.32. The number of nitrogens with zero attached hydrogens (tertiary/aromatic N) is 1. The lowest BCUT2D eigenvalue weighted by molar-refractivity contribution is -0.250. The van der Waals surface area contributed by atoms with Gasteiger partial charge in [0, 0.05) is 32.0 Å². The van der Waals surface area contributed by atoms with E-state index in [0.29, 0.717) is 23.7 Å². The van der Waals surface area contributed by atoms with Crippen molar-refractivity contribution < 1.29 is 19.4 Å². The molecule has 5 fully saturated rings. The monoisotopic (exact) mass is 579 g/mol.